The van der Waals surface area contributed by atoms with Gasteiger partial charge >= 0.3 is 5.97 Å². The summed E-state index contributed by atoms with van der Waals surface area (Å²) in [6, 6.07) is -0.169. The van der Waals surface area contributed by atoms with Gasteiger partial charge in [0.1, 0.15) is 6.04 Å². The lowest BCUT2D eigenvalue weighted by Gasteiger charge is -2.13. The van der Waals surface area contributed by atoms with Crippen LogP contribution in [0.4, 0.5) is 13.2 Å². The van der Waals surface area contributed by atoms with Crippen LogP contribution in [-0.2, 0) is 4.79 Å². The van der Waals surface area contributed by atoms with Gasteiger partial charge in [-0.2, -0.15) is 0 Å². The molecule has 1 aromatic carbocycles. The van der Waals surface area contributed by atoms with E-state index in [-0.39, 0.29) is 12.1 Å². The van der Waals surface area contributed by atoms with Gasteiger partial charge in [0.15, 0.2) is 17.5 Å². The van der Waals surface area contributed by atoms with E-state index in [4.69, 9.17) is 11.5 Å². The van der Waals surface area contributed by atoms with Crippen molar-refractivity contribution in [1.29, 1.82) is 0 Å². The normalized spacial score (nSPS) is 11.9. The molecule has 1 atom stereocenters. The molecule has 0 radical (unpaired) electrons. The molecule has 0 aliphatic heterocycles. The summed E-state index contributed by atoms with van der Waals surface area (Å²) in [5.41, 5.74) is -0.246. The number of terminal acetylenes is 1. The maximum atomic E-state index is 12.9. The number of hydrogen-bond acceptors (Lipinski definition) is 2. The standard InChI is InChI=1S/C11H8F3NO2/c1-2-3-15-10(11(16)17)6-4-7(12)9(14)8(13)5-6/h1,4-5,10,15H,3H2,(H,16,17). The Balaban J connectivity index is 3.11. The van der Waals surface area contributed by atoms with Crippen LogP contribution in [0.1, 0.15) is 11.6 Å². The number of carbonyl (C=O) groups is 1. The van der Waals surface area contributed by atoms with Gasteiger partial charge in [0, 0.05) is 0 Å². The van der Waals surface area contributed by atoms with Crippen LogP contribution in [0.3, 0.4) is 0 Å². The lowest BCUT2D eigenvalue weighted by atomic mass is 10.1. The number of carboxylic acid groups (broad SMARTS) is 1. The van der Waals surface area contributed by atoms with Gasteiger partial charge in [0.25, 0.3) is 0 Å². The van der Waals surface area contributed by atoms with E-state index < -0.39 is 29.5 Å². The Morgan fingerprint density at radius 1 is 1.41 bits per heavy atom. The molecule has 0 heterocycles. The molecule has 0 amide bonds. The Hall–Kier alpha value is -2.00. The molecule has 17 heavy (non-hydrogen) atoms. The van der Waals surface area contributed by atoms with Crippen molar-refractivity contribution in [2.75, 3.05) is 6.54 Å². The van der Waals surface area contributed by atoms with Crippen LogP contribution < -0.4 is 5.32 Å². The van der Waals surface area contributed by atoms with E-state index in [1.807, 2.05) is 0 Å². The number of carboxylic acids is 1. The fraction of sp³-hybridized carbons (Fsp3) is 0.182. The molecule has 0 saturated carbocycles. The summed E-state index contributed by atoms with van der Waals surface area (Å²) in [6.45, 7) is -0.0996. The van der Waals surface area contributed by atoms with Crippen LogP contribution >= 0.6 is 0 Å². The van der Waals surface area contributed by atoms with Gasteiger partial charge in [-0.1, -0.05) is 5.92 Å². The molecule has 1 unspecified atom stereocenters. The molecule has 0 bridgehead atoms. The van der Waals surface area contributed by atoms with E-state index in [2.05, 4.69) is 11.2 Å². The van der Waals surface area contributed by atoms with Gasteiger partial charge in [0.05, 0.1) is 6.54 Å². The third-order valence-electron chi connectivity index (χ3n) is 1.99. The zero-order chi connectivity index (χ0) is 13.0. The smallest absolute Gasteiger partial charge is 0.325 e. The second-order valence-corrected chi connectivity index (χ2v) is 3.15. The molecule has 0 spiro atoms. The van der Waals surface area contributed by atoms with Crippen LogP contribution in [0.2, 0.25) is 0 Å². The van der Waals surface area contributed by atoms with Crippen LogP contribution in [0.25, 0.3) is 0 Å². The minimum absolute atomic E-state index is 0.0996. The molecule has 2 N–H and O–H groups in total. The Kier molecular flexibility index (Phi) is 4.12. The van der Waals surface area contributed by atoms with Crippen molar-refractivity contribution in [1.82, 2.24) is 5.32 Å². The number of aliphatic carboxylic acids is 1. The van der Waals surface area contributed by atoms with Crippen LogP contribution in [0.15, 0.2) is 12.1 Å². The van der Waals surface area contributed by atoms with Crippen molar-refractivity contribution >= 4 is 5.97 Å². The van der Waals surface area contributed by atoms with Gasteiger partial charge < -0.3 is 5.11 Å². The van der Waals surface area contributed by atoms with E-state index in [1.165, 1.54) is 0 Å². The highest BCUT2D eigenvalue weighted by molar-refractivity contribution is 5.75. The molecule has 6 heteroatoms. The molecular formula is C11H8F3NO2. The number of nitrogens with one attached hydrogen (secondary N) is 1. The maximum Gasteiger partial charge on any atom is 0.325 e. The first kappa shape index (κ1) is 13.1. The quantitative estimate of drug-likeness (QED) is 0.621. The molecule has 0 saturated heterocycles. The minimum atomic E-state index is -1.64. The van der Waals surface area contributed by atoms with Crippen molar-refractivity contribution in [3.05, 3.63) is 35.1 Å². The summed E-state index contributed by atoms with van der Waals surface area (Å²) in [6.07, 6.45) is 4.93. The Morgan fingerprint density at radius 3 is 2.35 bits per heavy atom. The zero-order valence-corrected chi connectivity index (χ0v) is 8.51. The van der Waals surface area contributed by atoms with Crippen molar-refractivity contribution in [2.45, 2.75) is 6.04 Å². The van der Waals surface area contributed by atoms with Gasteiger partial charge in [-0.25, -0.2) is 13.2 Å². The summed E-state index contributed by atoms with van der Waals surface area (Å²) < 4.78 is 38.5. The highest BCUT2D eigenvalue weighted by Gasteiger charge is 2.22. The molecule has 0 aromatic heterocycles. The lowest BCUT2D eigenvalue weighted by Crippen LogP contribution is -2.29. The largest absolute Gasteiger partial charge is 0.480 e. The highest BCUT2D eigenvalue weighted by atomic mass is 19.2. The predicted molar refractivity (Wildman–Crippen MR) is 53.5 cm³/mol. The van der Waals surface area contributed by atoms with Crippen molar-refractivity contribution in [3.63, 3.8) is 0 Å². The molecule has 1 rings (SSSR count). The minimum Gasteiger partial charge on any atom is -0.480 e. The fourth-order valence-electron chi connectivity index (χ4n) is 1.25. The molecule has 90 valence electrons. The van der Waals surface area contributed by atoms with Crippen LogP contribution in [0, 0.1) is 29.8 Å². The Morgan fingerprint density at radius 2 is 1.94 bits per heavy atom. The average Bonchev–Trinajstić information content (AvgIpc) is 2.25. The van der Waals surface area contributed by atoms with Crippen LogP contribution in [0.5, 0.6) is 0 Å². The SMILES string of the molecule is C#CCNC(C(=O)O)c1cc(F)c(F)c(F)c1. The highest BCUT2D eigenvalue weighted by Crippen LogP contribution is 2.19. The molecular weight excluding hydrogens is 235 g/mol. The molecule has 1 aromatic rings. The zero-order valence-electron chi connectivity index (χ0n) is 8.51. The van der Waals surface area contributed by atoms with E-state index in [9.17, 15) is 18.0 Å². The van der Waals surface area contributed by atoms with Crippen molar-refractivity contribution < 1.29 is 23.1 Å². The van der Waals surface area contributed by atoms with E-state index in [0.717, 1.165) is 0 Å². The predicted octanol–water partition coefficient (Wildman–Crippen LogP) is 1.45. The number of hydrogen-bond donors (Lipinski definition) is 2. The van der Waals surface area contributed by atoms with Crippen molar-refractivity contribution in [2.24, 2.45) is 0 Å². The van der Waals surface area contributed by atoms with E-state index in [1.54, 1.807) is 0 Å². The summed E-state index contributed by atoms with van der Waals surface area (Å²) in [7, 11) is 0. The first-order chi connectivity index (χ1) is 7.97. The second kappa shape index (κ2) is 5.37. The van der Waals surface area contributed by atoms with Crippen LogP contribution in [-0.4, -0.2) is 17.6 Å². The molecule has 0 aliphatic rings. The first-order valence-electron chi connectivity index (χ1n) is 4.51. The molecule has 0 aliphatic carbocycles. The molecule has 3 nitrogen and oxygen atoms in total. The van der Waals surface area contributed by atoms with Gasteiger partial charge in [-0.3, -0.25) is 10.1 Å². The topological polar surface area (TPSA) is 49.3 Å². The average molecular weight is 243 g/mol. The summed E-state index contributed by atoms with van der Waals surface area (Å²) in [4.78, 5) is 10.8. The second-order valence-electron chi connectivity index (χ2n) is 3.15. The third-order valence-corrected chi connectivity index (χ3v) is 1.99. The summed E-state index contributed by atoms with van der Waals surface area (Å²) >= 11 is 0. The fourth-order valence-corrected chi connectivity index (χ4v) is 1.25. The van der Waals surface area contributed by atoms with E-state index >= 15 is 0 Å². The Labute approximate surface area is 95.3 Å². The first-order valence-corrected chi connectivity index (χ1v) is 4.51. The number of benzene rings is 1. The molecule has 0 fully saturated rings. The van der Waals surface area contributed by atoms with Gasteiger partial charge in [-0.05, 0) is 17.7 Å². The van der Waals surface area contributed by atoms with E-state index in [0.29, 0.717) is 12.1 Å². The lowest BCUT2D eigenvalue weighted by molar-refractivity contribution is -0.139. The number of halogens is 3. The monoisotopic (exact) mass is 243 g/mol. The van der Waals surface area contributed by atoms with Gasteiger partial charge in [-0.15, -0.1) is 6.42 Å². The summed E-state index contributed by atoms with van der Waals surface area (Å²) in [5.74, 6) is -3.79. The summed E-state index contributed by atoms with van der Waals surface area (Å²) in [5, 5.41) is 11.2. The van der Waals surface area contributed by atoms with Crippen molar-refractivity contribution in [3.8, 4) is 12.3 Å². The Bertz CT molecular complexity index is 459. The van der Waals surface area contributed by atoms with Gasteiger partial charge in [0.2, 0.25) is 0 Å². The maximum absolute atomic E-state index is 12.9. The number of rotatable bonds is 4. The third kappa shape index (κ3) is 2.98.